The molecule has 0 aromatic heterocycles. The maximum Gasteiger partial charge on any atom is 0.245 e. The zero-order valence-electron chi connectivity index (χ0n) is 16.8. The molecule has 6 heteroatoms. The van der Waals surface area contributed by atoms with E-state index in [9.17, 15) is 9.59 Å². The number of nitrogens with zero attached hydrogens (tertiary/aromatic N) is 3. The number of hydrogen-bond acceptors (Lipinski definition) is 4. The SMILES string of the molecule is CCN1CCN(C(=O)C2CCC(=O)N2c2ccc(Oc3ccccc3)cc2)CC1. The predicted octanol–water partition coefficient (Wildman–Crippen LogP) is 3.14. The molecule has 152 valence electrons. The number of hydrogen-bond donors (Lipinski definition) is 0. The van der Waals surface area contributed by atoms with Gasteiger partial charge in [-0.25, -0.2) is 0 Å². The van der Waals surface area contributed by atoms with Crippen molar-refractivity contribution in [2.75, 3.05) is 37.6 Å². The van der Waals surface area contributed by atoms with E-state index < -0.39 is 6.04 Å². The molecule has 2 heterocycles. The van der Waals surface area contributed by atoms with Crippen LogP contribution in [-0.4, -0.2) is 60.4 Å². The molecule has 0 aliphatic carbocycles. The molecule has 0 spiro atoms. The number of para-hydroxylation sites is 1. The minimum atomic E-state index is -0.406. The molecule has 2 saturated heterocycles. The summed E-state index contributed by atoms with van der Waals surface area (Å²) in [5, 5.41) is 0. The Bertz CT molecular complexity index is 845. The molecule has 0 N–H and O–H groups in total. The van der Waals surface area contributed by atoms with Crippen molar-refractivity contribution in [1.29, 1.82) is 0 Å². The van der Waals surface area contributed by atoms with Crippen molar-refractivity contribution in [2.24, 2.45) is 0 Å². The van der Waals surface area contributed by atoms with Gasteiger partial charge in [0.05, 0.1) is 0 Å². The number of carbonyl (C=O) groups excluding carboxylic acids is 2. The molecule has 2 aromatic carbocycles. The Morgan fingerprint density at radius 3 is 2.28 bits per heavy atom. The molecular formula is C23H27N3O3. The van der Waals surface area contributed by atoms with Gasteiger partial charge in [-0.3, -0.25) is 14.5 Å². The number of amides is 2. The summed E-state index contributed by atoms with van der Waals surface area (Å²) in [6.07, 6.45) is 0.988. The van der Waals surface area contributed by atoms with Crippen molar-refractivity contribution in [3.63, 3.8) is 0 Å². The lowest BCUT2D eigenvalue weighted by Gasteiger charge is -2.36. The molecule has 0 bridgehead atoms. The standard InChI is InChI=1S/C23H27N3O3/c1-2-24-14-16-25(17-15-24)23(28)21-12-13-22(27)26(21)18-8-10-20(11-9-18)29-19-6-4-3-5-7-19/h3-11,21H,2,12-17H2,1H3. The van der Waals surface area contributed by atoms with E-state index in [4.69, 9.17) is 4.74 Å². The van der Waals surface area contributed by atoms with Gasteiger partial charge in [-0.05, 0) is 49.4 Å². The fourth-order valence-corrected chi connectivity index (χ4v) is 4.04. The molecule has 29 heavy (non-hydrogen) atoms. The molecule has 4 rings (SSSR count). The average molecular weight is 393 g/mol. The highest BCUT2D eigenvalue weighted by molar-refractivity contribution is 6.03. The van der Waals surface area contributed by atoms with Crippen molar-refractivity contribution < 1.29 is 14.3 Å². The summed E-state index contributed by atoms with van der Waals surface area (Å²) in [5.74, 6) is 1.53. The first-order chi connectivity index (χ1) is 14.2. The quantitative estimate of drug-likeness (QED) is 0.783. The molecule has 0 saturated carbocycles. The number of rotatable bonds is 5. The Labute approximate surface area is 171 Å². The number of anilines is 1. The lowest BCUT2D eigenvalue weighted by atomic mass is 10.1. The fourth-order valence-electron chi connectivity index (χ4n) is 4.04. The summed E-state index contributed by atoms with van der Waals surface area (Å²) < 4.78 is 5.83. The minimum Gasteiger partial charge on any atom is -0.457 e. The van der Waals surface area contributed by atoms with Gasteiger partial charge in [0.25, 0.3) is 0 Å². The highest BCUT2D eigenvalue weighted by Gasteiger charge is 2.39. The normalized spacial score (nSPS) is 20.2. The Hall–Kier alpha value is -2.86. The number of piperazine rings is 1. The molecule has 2 aliphatic heterocycles. The van der Waals surface area contributed by atoms with Crippen LogP contribution in [0.3, 0.4) is 0 Å². The highest BCUT2D eigenvalue weighted by atomic mass is 16.5. The zero-order valence-corrected chi connectivity index (χ0v) is 16.8. The van der Waals surface area contributed by atoms with Crippen LogP contribution in [0.2, 0.25) is 0 Å². The molecule has 1 atom stereocenters. The van der Waals surface area contributed by atoms with Crippen molar-refractivity contribution >= 4 is 17.5 Å². The van der Waals surface area contributed by atoms with Crippen LogP contribution in [0.15, 0.2) is 54.6 Å². The lowest BCUT2D eigenvalue weighted by Crippen LogP contribution is -2.54. The molecule has 2 aromatic rings. The summed E-state index contributed by atoms with van der Waals surface area (Å²) in [6, 6.07) is 16.6. The predicted molar refractivity (Wildman–Crippen MR) is 112 cm³/mol. The van der Waals surface area contributed by atoms with Crippen LogP contribution < -0.4 is 9.64 Å². The van der Waals surface area contributed by atoms with E-state index in [-0.39, 0.29) is 11.8 Å². The smallest absolute Gasteiger partial charge is 0.245 e. The van der Waals surface area contributed by atoms with Gasteiger partial charge in [-0.2, -0.15) is 0 Å². The summed E-state index contributed by atoms with van der Waals surface area (Å²) >= 11 is 0. The Kier molecular flexibility index (Phi) is 5.81. The monoisotopic (exact) mass is 393 g/mol. The second-order valence-electron chi connectivity index (χ2n) is 7.49. The third-order valence-corrected chi connectivity index (χ3v) is 5.72. The largest absolute Gasteiger partial charge is 0.457 e. The van der Waals surface area contributed by atoms with Crippen LogP contribution in [0, 0.1) is 0 Å². The van der Waals surface area contributed by atoms with Gasteiger partial charge in [0, 0.05) is 38.3 Å². The van der Waals surface area contributed by atoms with Gasteiger partial charge in [0.1, 0.15) is 17.5 Å². The van der Waals surface area contributed by atoms with Crippen LogP contribution in [0.1, 0.15) is 19.8 Å². The molecule has 6 nitrogen and oxygen atoms in total. The molecule has 2 amide bonds. The number of benzene rings is 2. The highest BCUT2D eigenvalue weighted by Crippen LogP contribution is 2.30. The number of ether oxygens (including phenoxy) is 1. The van der Waals surface area contributed by atoms with Gasteiger partial charge >= 0.3 is 0 Å². The van der Waals surface area contributed by atoms with E-state index >= 15 is 0 Å². The van der Waals surface area contributed by atoms with E-state index in [1.807, 2.05) is 59.5 Å². The van der Waals surface area contributed by atoms with Gasteiger partial charge in [-0.1, -0.05) is 25.1 Å². The van der Waals surface area contributed by atoms with Crippen LogP contribution in [0.25, 0.3) is 0 Å². The lowest BCUT2D eigenvalue weighted by molar-refractivity contribution is -0.134. The fraction of sp³-hybridized carbons (Fsp3) is 0.391. The summed E-state index contributed by atoms with van der Waals surface area (Å²) in [6.45, 7) is 6.40. The number of carbonyl (C=O) groups is 2. The first kappa shape index (κ1) is 19.5. The Morgan fingerprint density at radius 1 is 0.966 bits per heavy atom. The Balaban J connectivity index is 1.46. The average Bonchev–Trinajstić information content (AvgIpc) is 3.16. The van der Waals surface area contributed by atoms with Crippen LogP contribution >= 0.6 is 0 Å². The topological polar surface area (TPSA) is 53.1 Å². The van der Waals surface area contributed by atoms with Gasteiger partial charge in [-0.15, -0.1) is 0 Å². The minimum absolute atomic E-state index is 0.00673. The van der Waals surface area contributed by atoms with Gasteiger partial charge in [0.2, 0.25) is 11.8 Å². The van der Waals surface area contributed by atoms with Crippen LogP contribution in [-0.2, 0) is 9.59 Å². The third-order valence-electron chi connectivity index (χ3n) is 5.72. The van der Waals surface area contributed by atoms with E-state index in [2.05, 4.69) is 11.8 Å². The first-order valence-corrected chi connectivity index (χ1v) is 10.3. The van der Waals surface area contributed by atoms with Crippen LogP contribution in [0.5, 0.6) is 11.5 Å². The molecule has 1 unspecified atom stereocenters. The molecular weight excluding hydrogens is 366 g/mol. The third kappa shape index (κ3) is 4.27. The van der Waals surface area contributed by atoms with E-state index in [1.54, 1.807) is 4.90 Å². The Morgan fingerprint density at radius 2 is 1.62 bits per heavy atom. The van der Waals surface area contributed by atoms with Crippen molar-refractivity contribution in [2.45, 2.75) is 25.8 Å². The first-order valence-electron chi connectivity index (χ1n) is 10.3. The zero-order chi connectivity index (χ0) is 20.2. The second-order valence-corrected chi connectivity index (χ2v) is 7.49. The van der Waals surface area contributed by atoms with Crippen molar-refractivity contribution in [3.05, 3.63) is 54.6 Å². The molecule has 2 aliphatic rings. The second kappa shape index (κ2) is 8.66. The summed E-state index contributed by atoms with van der Waals surface area (Å²) in [7, 11) is 0. The van der Waals surface area contributed by atoms with Crippen molar-refractivity contribution in [1.82, 2.24) is 9.80 Å². The molecule has 0 radical (unpaired) electrons. The van der Waals surface area contributed by atoms with E-state index in [0.29, 0.717) is 18.6 Å². The summed E-state index contributed by atoms with van der Waals surface area (Å²) in [4.78, 5) is 31.6. The summed E-state index contributed by atoms with van der Waals surface area (Å²) in [5.41, 5.74) is 0.749. The van der Waals surface area contributed by atoms with E-state index in [1.165, 1.54) is 0 Å². The maximum absolute atomic E-state index is 13.1. The van der Waals surface area contributed by atoms with Crippen molar-refractivity contribution in [3.8, 4) is 11.5 Å². The molecule has 2 fully saturated rings. The maximum atomic E-state index is 13.1. The van der Waals surface area contributed by atoms with E-state index in [0.717, 1.165) is 44.2 Å². The number of likely N-dealkylation sites (N-methyl/N-ethyl adjacent to an activating group) is 1. The van der Waals surface area contributed by atoms with Gasteiger partial charge in [0.15, 0.2) is 0 Å². The van der Waals surface area contributed by atoms with Crippen LogP contribution in [0.4, 0.5) is 5.69 Å². The van der Waals surface area contributed by atoms with Gasteiger partial charge < -0.3 is 14.5 Å².